The highest BCUT2D eigenvalue weighted by Gasteiger charge is 2.20. The summed E-state index contributed by atoms with van der Waals surface area (Å²) in [4.78, 5) is 15.7. The van der Waals surface area contributed by atoms with Crippen molar-refractivity contribution in [2.45, 2.75) is 6.92 Å². The van der Waals surface area contributed by atoms with Gasteiger partial charge in [0, 0.05) is 10.9 Å². The minimum atomic E-state index is -0.461. The largest absolute Gasteiger partial charge is 0.491 e. The molecule has 2 heterocycles. The predicted octanol–water partition coefficient (Wildman–Crippen LogP) is 4.48. The molecule has 2 aromatic carbocycles. The summed E-state index contributed by atoms with van der Waals surface area (Å²) in [5.41, 5.74) is 2.07. The van der Waals surface area contributed by atoms with Crippen LogP contribution in [0, 0.1) is 5.82 Å². The Hall–Kier alpha value is -3.08. The van der Waals surface area contributed by atoms with Gasteiger partial charge in [0.15, 0.2) is 5.75 Å². The lowest BCUT2D eigenvalue weighted by Gasteiger charge is -2.05. The molecule has 4 nitrogen and oxygen atoms in total. The van der Waals surface area contributed by atoms with Crippen molar-refractivity contribution in [3.05, 3.63) is 64.8 Å². The monoisotopic (exact) mass is 323 g/mol. The first-order valence-electron chi connectivity index (χ1n) is 7.65. The highest BCUT2D eigenvalue weighted by atomic mass is 19.1. The van der Waals surface area contributed by atoms with Crippen LogP contribution in [0.5, 0.6) is 5.75 Å². The highest BCUT2D eigenvalue weighted by Crippen LogP contribution is 2.38. The maximum Gasteiger partial charge on any atom is 0.349 e. The maximum atomic E-state index is 13.2. The third-order valence-corrected chi connectivity index (χ3v) is 3.94. The number of nitrogens with one attached hydrogen (secondary N) is 1. The summed E-state index contributed by atoms with van der Waals surface area (Å²) in [5.74, 6) is 0.108. The van der Waals surface area contributed by atoms with Crippen molar-refractivity contribution < 1.29 is 13.5 Å². The second-order valence-corrected chi connectivity index (χ2v) is 5.40. The summed E-state index contributed by atoms with van der Waals surface area (Å²) in [6.45, 7) is 2.24. The third kappa shape index (κ3) is 2.17. The van der Waals surface area contributed by atoms with Gasteiger partial charge in [-0.25, -0.2) is 9.18 Å². The lowest BCUT2D eigenvalue weighted by atomic mass is 10.1. The third-order valence-electron chi connectivity index (χ3n) is 3.94. The van der Waals surface area contributed by atoms with E-state index in [2.05, 4.69) is 4.98 Å². The molecule has 2 aromatic heterocycles. The van der Waals surface area contributed by atoms with E-state index in [4.69, 9.17) is 9.15 Å². The van der Waals surface area contributed by atoms with Crippen LogP contribution in [-0.4, -0.2) is 11.6 Å². The highest BCUT2D eigenvalue weighted by molar-refractivity contribution is 6.07. The summed E-state index contributed by atoms with van der Waals surface area (Å²) in [6.07, 6.45) is 0. The van der Waals surface area contributed by atoms with Gasteiger partial charge in [0.05, 0.1) is 17.8 Å². The van der Waals surface area contributed by atoms with Gasteiger partial charge in [-0.2, -0.15) is 0 Å². The van der Waals surface area contributed by atoms with Gasteiger partial charge >= 0.3 is 5.63 Å². The fraction of sp³-hybridized carbons (Fsp3) is 0.105. The summed E-state index contributed by atoms with van der Waals surface area (Å²) in [5, 5.41) is 1.16. The second kappa shape index (κ2) is 5.53. The van der Waals surface area contributed by atoms with Crippen LogP contribution in [0.1, 0.15) is 6.92 Å². The van der Waals surface area contributed by atoms with Gasteiger partial charge < -0.3 is 14.1 Å². The van der Waals surface area contributed by atoms with E-state index in [1.165, 1.54) is 12.1 Å². The van der Waals surface area contributed by atoms with E-state index in [9.17, 15) is 9.18 Å². The number of fused-ring (bicyclic) bond motifs is 3. The summed E-state index contributed by atoms with van der Waals surface area (Å²) in [7, 11) is 0. The second-order valence-electron chi connectivity index (χ2n) is 5.40. The van der Waals surface area contributed by atoms with Gasteiger partial charge in [-0.3, -0.25) is 0 Å². The van der Waals surface area contributed by atoms with Crippen LogP contribution in [-0.2, 0) is 0 Å². The first kappa shape index (κ1) is 14.5. The fourth-order valence-electron chi connectivity index (χ4n) is 2.90. The van der Waals surface area contributed by atoms with Gasteiger partial charge in [0.2, 0.25) is 0 Å². The summed E-state index contributed by atoms with van der Waals surface area (Å²) < 4.78 is 24.4. The molecule has 4 rings (SSSR count). The normalized spacial score (nSPS) is 11.2. The minimum absolute atomic E-state index is 0.321. The number of aromatic amines is 1. The molecule has 0 atom stereocenters. The molecule has 0 fully saturated rings. The van der Waals surface area contributed by atoms with E-state index < -0.39 is 5.63 Å². The van der Waals surface area contributed by atoms with Crippen molar-refractivity contribution in [1.82, 2.24) is 4.98 Å². The molecule has 1 N–H and O–H groups in total. The number of aromatic nitrogens is 1. The van der Waals surface area contributed by atoms with Crippen LogP contribution in [0.15, 0.2) is 57.7 Å². The molecule has 0 aliphatic carbocycles. The topological polar surface area (TPSA) is 55.2 Å². The molecule has 0 saturated heterocycles. The van der Waals surface area contributed by atoms with E-state index in [1.807, 2.05) is 25.1 Å². The van der Waals surface area contributed by atoms with E-state index in [0.29, 0.717) is 34.5 Å². The van der Waals surface area contributed by atoms with Gasteiger partial charge in [0.25, 0.3) is 0 Å². The van der Waals surface area contributed by atoms with Gasteiger partial charge in [-0.1, -0.05) is 12.1 Å². The predicted molar refractivity (Wildman–Crippen MR) is 90.9 cm³/mol. The van der Waals surface area contributed by atoms with Crippen LogP contribution in [0.4, 0.5) is 4.39 Å². The molecule has 5 heteroatoms. The Morgan fingerprint density at radius 2 is 1.88 bits per heavy atom. The average molecular weight is 323 g/mol. The quantitative estimate of drug-likeness (QED) is 0.566. The molecular weight excluding hydrogens is 309 g/mol. The van der Waals surface area contributed by atoms with Crippen LogP contribution in [0.2, 0.25) is 0 Å². The molecule has 0 amide bonds. The Morgan fingerprint density at radius 1 is 1.12 bits per heavy atom. The van der Waals surface area contributed by atoms with E-state index >= 15 is 0 Å². The van der Waals surface area contributed by atoms with E-state index in [-0.39, 0.29) is 5.82 Å². The number of ether oxygens (including phenoxy) is 1. The average Bonchev–Trinajstić information content (AvgIpc) is 2.96. The minimum Gasteiger partial charge on any atom is -0.491 e. The first-order valence-corrected chi connectivity index (χ1v) is 7.65. The van der Waals surface area contributed by atoms with Crippen molar-refractivity contribution in [2.24, 2.45) is 0 Å². The molecule has 0 unspecified atom stereocenters. The maximum absolute atomic E-state index is 13.2. The van der Waals surface area contributed by atoms with Crippen LogP contribution < -0.4 is 10.4 Å². The molecule has 0 spiro atoms. The van der Waals surface area contributed by atoms with Crippen LogP contribution >= 0.6 is 0 Å². The number of hydrogen-bond donors (Lipinski definition) is 1. The molecule has 0 aliphatic rings. The zero-order valence-corrected chi connectivity index (χ0v) is 12.9. The Morgan fingerprint density at radius 3 is 2.62 bits per heavy atom. The van der Waals surface area contributed by atoms with Crippen molar-refractivity contribution in [3.63, 3.8) is 0 Å². The Balaban J connectivity index is 2.12. The molecule has 0 bridgehead atoms. The lowest BCUT2D eigenvalue weighted by molar-refractivity contribution is 0.345. The van der Waals surface area contributed by atoms with Gasteiger partial charge in [-0.05, 0) is 43.3 Å². The van der Waals surface area contributed by atoms with E-state index in [1.54, 1.807) is 18.2 Å². The van der Waals surface area contributed by atoms with Crippen molar-refractivity contribution >= 4 is 21.9 Å². The van der Waals surface area contributed by atoms with Crippen molar-refractivity contribution in [3.8, 4) is 17.0 Å². The summed E-state index contributed by atoms with van der Waals surface area (Å²) >= 11 is 0. The number of H-pyrrole nitrogens is 1. The lowest BCUT2D eigenvalue weighted by Crippen LogP contribution is -2.01. The molecule has 0 saturated carbocycles. The van der Waals surface area contributed by atoms with Crippen molar-refractivity contribution in [2.75, 3.05) is 6.61 Å². The SMILES string of the molecule is CCOc1c(-c2ccc(F)cc2)[nH]c2c1c(=O)oc1ccccc12. The number of hydrogen-bond acceptors (Lipinski definition) is 3. The van der Waals surface area contributed by atoms with Crippen LogP contribution in [0.3, 0.4) is 0 Å². The standard InChI is InChI=1S/C19H14FNO3/c1-2-23-18-15-17(13-5-3-4-6-14(13)24-19(15)22)21-16(18)11-7-9-12(20)10-8-11/h3-10,21H,2H2,1H3. The zero-order chi connectivity index (χ0) is 16.7. The van der Waals surface area contributed by atoms with Gasteiger partial charge in [0.1, 0.15) is 16.8 Å². The Labute approximate surface area is 136 Å². The van der Waals surface area contributed by atoms with Gasteiger partial charge in [-0.15, -0.1) is 0 Å². The molecular formula is C19H14FNO3. The van der Waals surface area contributed by atoms with Crippen molar-refractivity contribution in [1.29, 1.82) is 0 Å². The molecule has 0 aliphatic heterocycles. The Kier molecular flexibility index (Phi) is 3.34. The molecule has 0 radical (unpaired) electrons. The van der Waals surface area contributed by atoms with Crippen LogP contribution in [0.25, 0.3) is 33.1 Å². The zero-order valence-electron chi connectivity index (χ0n) is 12.9. The number of benzene rings is 2. The van der Waals surface area contributed by atoms with E-state index in [0.717, 1.165) is 10.9 Å². The molecule has 120 valence electrons. The smallest absolute Gasteiger partial charge is 0.349 e. The molecule has 4 aromatic rings. The number of para-hydroxylation sites is 1. The number of halogens is 1. The first-order chi connectivity index (χ1) is 11.7. The molecule has 24 heavy (non-hydrogen) atoms. The fourth-order valence-corrected chi connectivity index (χ4v) is 2.90. The number of rotatable bonds is 3. The Bertz CT molecular complexity index is 1090. The summed E-state index contributed by atoms with van der Waals surface area (Å²) in [6, 6.07) is 13.3.